The molecule has 0 amide bonds. The highest BCUT2D eigenvalue weighted by Gasteiger charge is 2.08. The highest BCUT2D eigenvalue weighted by atomic mass is 35.5. The van der Waals surface area contributed by atoms with Crippen LogP contribution in [0, 0.1) is 5.82 Å². The summed E-state index contributed by atoms with van der Waals surface area (Å²) in [6, 6.07) is 9.08. The van der Waals surface area contributed by atoms with Gasteiger partial charge in [-0.15, -0.1) is 0 Å². The molecule has 0 unspecified atom stereocenters. The summed E-state index contributed by atoms with van der Waals surface area (Å²) in [6.07, 6.45) is 0.660. The Bertz CT molecular complexity index is 596. The van der Waals surface area contributed by atoms with Crippen molar-refractivity contribution in [2.75, 3.05) is 5.73 Å². The lowest BCUT2D eigenvalue weighted by Crippen LogP contribution is -2.01. The van der Waals surface area contributed by atoms with Crippen LogP contribution in [-0.2, 0) is 6.61 Å². The molecule has 0 aliphatic heterocycles. The van der Waals surface area contributed by atoms with E-state index >= 15 is 0 Å². The number of halogens is 2. The van der Waals surface area contributed by atoms with E-state index in [-0.39, 0.29) is 12.2 Å². The number of benzene rings is 2. The molecule has 2 N–H and O–H groups in total. The van der Waals surface area contributed by atoms with E-state index in [1.165, 1.54) is 18.2 Å². The van der Waals surface area contributed by atoms with Crippen molar-refractivity contribution in [1.29, 1.82) is 0 Å². The Morgan fingerprint density at radius 3 is 2.74 bits per heavy atom. The lowest BCUT2D eigenvalue weighted by atomic mass is 10.2. The molecule has 2 aromatic carbocycles. The monoisotopic (exact) mass is 279 g/mol. The van der Waals surface area contributed by atoms with Crippen molar-refractivity contribution in [3.8, 4) is 5.75 Å². The van der Waals surface area contributed by atoms with Crippen LogP contribution in [0.5, 0.6) is 5.75 Å². The number of ether oxygens (including phenoxy) is 1. The maximum Gasteiger partial charge on any atom is 0.152 e. The van der Waals surface area contributed by atoms with Crippen molar-refractivity contribution in [2.45, 2.75) is 6.61 Å². The quantitative estimate of drug-likeness (QED) is 0.689. The summed E-state index contributed by atoms with van der Waals surface area (Å²) in [7, 11) is 0. The van der Waals surface area contributed by atoms with E-state index in [4.69, 9.17) is 22.1 Å². The van der Waals surface area contributed by atoms with Gasteiger partial charge in [-0.25, -0.2) is 4.39 Å². The molecule has 0 saturated carbocycles. The van der Waals surface area contributed by atoms with Gasteiger partial charge in [-0.1, -0.05) is 17.7 Å². The molecule has 0 atom stereocenters. The van der Waals surface area contributed by atoms with Gasteiger partial charge in [0.2, 0.25) is 0 Å². The summed E-state index contributed by atoms with van der Waals surface area (Å²) >= 11 is 5.88. The maximum absolute atomic E-state index is 13.5. The fraction of sp³-hybridized carbons (Fsp3) is 0.0714. The number of hydrogen-bond acceptors (Lipinski definition) is 3. The molecule has 3 nitrogen and oxygen atoms in total. The number of aldehydes is 1. The summed E-state index contributed by atoms with van der Waals surface area (Å²) < 4.78 is 18.9. The number of hydrogen-bond donors (Lipinski definition) is 1. The van der Waals surface area contributed by atoms with Crippen molar-refractivity contribution in [3.05, 3.63) is 58.4 Å². The van der Waals surface area contributed by atoms with E-state index in [0.29, 0.717) is 28.3 Å². The summed E-state index contributed by atoms with van der Waals surface area (Å²) in [5, 5.41) is 0.303. The van der Waals surface area contributed by atoms with Gasteiger partial charge in [-0.3, -0.25) is 4.79 Å². The maximum atomic E-state index is 13.5. The molecule has 98 valence electrons. The molecule has 0 spiro atoms. The molecule has 0 heterocycles. The van der Waals surface area contributed by atoms with Gasteiger partial charge in [0.15, 0.2) is 6.29 Å². The molecule has 19 heavy (non-hydrogen) atoms. The van der Waals surface area contributed by atoms with Gasteiger partial charge in [0.25, 0.3) is 0 Å². The first kappa shape index (κ1) is 13.4. The number of carbonyl (C=O) groups is 1. The van der Waals surface area contributed by atoms with Gasteiger partial charge in [0.05, 0.1) is 5.02 Å². The Labute approximate surface area is 114 Å². The molecule has 0 aliphatic rings. The van der Waals surface area contributed by atoms with Crippen LogP contribution in [-0.4, -0.2) is 6.29 Å². The van der Waals surface area contributed by atoms with Crippen LogP contribution in [0.4, 0.5) is 10.1 Å². The second-order valence-electron chi connectivity index (χ2n) is 3.90. The third-order valence-corrected chi connectivity index (χ3v) is 2.98. The van der Waals surface area contributed by atoms with E-state index in [1.807, 2.05) is 0 Å². The van der Waals surface area contributed by atoms with Gasteiger partial charge < -0.3 is 10.5 Å². The zero-order chi connectivity index (χ0) is 13.8. The highest BCUT2D eigenvalue weighted by molar-refractivity contribution is 6.31. The lowest BCUT2D eigenvalue weighted by Gasteiger charge is -2.09. The second kappa shape index (κ2) is 5.71. The van der Waals surface area contributed by atoms with Crippen LogP contribution >= 0.6 is 11.6 Å². The first-order chi connectivity index (χ1) is 9.11. The van der Waals surface area contributed by atoms with Gasteiger partial charge in [-0.05, 0) is 24.3 Å². The molecule has 5 heteroatoms. The Morgan fingerprint density at radius 1 is 1.32 bits per heavy atom. The van der Waals surface area contributed by atoms with Crippen molar-refractivity contribution in [1.82, 2.24) is 0 Å². The molecular weight excluding hydrogens is 269 g/mol. The van der Waals surface area contributed by atoms with Crippen LogP contribution in [0.25, 0.3) is 0 Å². The minimum Gasteiger partial charge on any atom is -0.489 e. The van der Waals surface area contributed by atoms with Crippen LogP contribution in [0.1, 0.15) is 15.9 Å². The summed E-state index contributed by atoms with van der Waals surface area (Å²) in [5.74, 6) is 0.0207. The lowest BCUT2D eigenvalue weighted by molar-refractivity contribution is 0.112. The van der Waals surface area contributed by atoms with Crippen LogP contribution in [0.2, 0.25) is 5.02 Å². The average Bonchev–Trinajstić information content (AvgIpc) is 2.38. The number of nitrogen functional groups attached to an aromatic ring is 1. The third kappa shape index (κ3) is 3.03. The zero-order valence-corrected chi connectivity index (χ0v) is 10.7. The third-order valence-electron chi connectivity index (χ3n) is 2.63. The first-order valence-corrected chi connectivity index (χ1v) is 5.90. The Hall–Kier alpha value is -2.07. The molecule has 0 saturated heterocycles. The SMILES string of the molecule is Nc1cc(OCc2c(F)cccc2Cl)ccc1C=O. The number of nitrogens with two attached hydrogens (primary N) is 1. The number of rotatable bonds is 4. The van der Waals surface area contributed by atoms with E-state index in [9.17, 15) is 9.18 Å². The molecule has 0 aromatic heterocycles. The van der Waals surface area contributed by atoms with E-state index in [2.05, 4.69) is 0 Å². The Balaban J connectivity index is 2.15. The normalized spacial score (nSPS) is 10.2. The van der Waals surface area contributed by atoms with Crippen LogP contribution in [0.3, 0.4) is 0 Å². The van der Waals surface area contributed by atoms with E-state index in [1.54, 1.807) is 18.2 Å². The molecular formula is C14H11ClFNO2. The smallest absolute Gasteiger partial charge is 0.152 e. The summed E-state index contributed by atoms with van der Waals surface area (Å²) in [6.45, 7) is -0.00855. The van der Waals surface area contributed by atoms with Gasteiger partial charge in [0, 0.05) is 22.9 Å². The largest absolute Gasteiger partial charge is 0.489 e. The first-order valence-electron chi connectivity index (χ1n) is 5.52. The fourth-order valence-electron chi connectivity index (χ4n) is 1.58. The molecule has 0 aliphatic carbocycles. The van der Waals surface area contributed by atoms with Crippen molar-refractivity contribution in [3.63, 3.8) is 0 Å². The van der Waals surface area contributed by atoms with Crippen molar-refractivity contribution in [2.24, 2.45) is 0 Å². The number of carbonyl (C=O) groups excluding carboxylic acids is 1. The standard InChI is InChI=1S/C14H11ClFNO2/c15-12-2-1-3-13(16)11(12)8-19-10-5-4-9(7-18)14(17)6-10/h1-7H,8,17H2. The second-order valence-corrected chi connectivity index (χ2v) is 4.30. The Morgan fingerprint density at radius 2 is 2.11 bits per heavy atom. The predicted octanol–water partition coefficient (Wildman–Crippen LogP) is 3.45. The fourth-order valence-corrected chi connectivity index (χ4v) is 1.79. The average molecular weight is 280 g/mol. The zero-order valence-electron chi connectivity index (χ0n) is 9.90. The summed E-state index contributed by atoms with van der Waals surface area (Å²) in [4.78, 5) is 10.6. The predicted molar refractivity (Wildman–Crippen MR) is 72.0 cm³/mol. The van der Waals surface area contributed by atoms with Gasteiger partial charge >= 0.3 is 0 Å². The summed E-state index contributed by atoms with van der Waals surface area (Å²) in [5.41, 5.74) is 6.63. The Kier molecular flexibility index (Phi) is 4.02. The number of anilines is 1. The van der Waals surface area contributed by atoms with Crippen LogP contribution < -0.4 is 10.5 Å². The topological polar surface area (TPSA) is 52.3 Å². The van der Waals surface area contributed by atoms with Crippen LogP contribution in [0.15, 0.2) is 36.4 Å². The molecule has 0 bridgehead atoms. The molecule has 0 fully saturated rings. The van der Waals surface area contributed by atoms with E-state index in [0.717, 1.165) is 0 Å². The molecule has 0 radical (unpaired) electrons. The molecule has 2 aromatic rings. The highest BCUT2D eigenvalue weighted by Crippen LogP contribution is 2.23. The van der Waals surface area contributed by atoms with Crippen molar-refractivity contribution >= 4 is 23.6 Å². The minimum atomic E-state index is -0.426. The minimum absolute atomic E-state index is 0.00855. The van der Waals surface area contributed by atoms with Gasteiger partial charge in [-0.2, -0.15) is 0 Å². The van der Waals surface area contributed by atoms with E-state index < -0.39 is 5.82 Å². The van der Waals surface area contributed by atoms with Crippen molar-refractivity contribution < 1.29 is 13.9 Å². The van der Waals surface area contributed by atoms with Gasteiger partial charge in [0.1, 0.15) is 18.2 Å². The molecule has 2 rings (SSSR count).